The number of nitrogens with zero attached hydrogens (tertiary/aromatic N) is 1. The smallest absolute Gasteiger partial charge is 0.260 e. The van der Waals surface area contributed by atoms with E-state index in [-0.39, 0.29) is 30.6 Å². The molecule has 2 aromatic rings. The van der Waals surface area contributed by atoms with E-state index in [2.05, 4.69) is 24.4 Å². The third kappa shape index (κ3) is 7.28. The lowest BCUT2D eigenvalue weighted by molar-refractivity contribution is -0.137. The molecule has 2 aromatic carbocycles. The Labute approximate surface area is 209 Å². The first-order valence-corrected chi connectivity index (χ1v) is 12.6. The number of amides is 1. The van der Waals surface area contributed by atoms with Crippen LogP contribution in [0.3, 0.4) is 0 Å². The molecule has 1 atom stereocenters. The molecule has 1 unspecified atom stereocenters. The van der Waals surface area contributed by atoms with Gasteiger partial charge in [0, 0.05) is 31.1 Å². The molecule has 0 fully saturated rings. The summed E-state index contributed by atoms with van der Waals surface area (Å²) in [4.78, 5) is 14.5. The minimum Gasteiger partial charge on any atom is -0.490 e. The summed E-state index contributed by atoms with van der Waals surface area (Å²) in [6.45, 7) is 14.6. The van der Waals surface area contributed by atoms with Gasteiger partial charge in [0.25, 0.3) is 5.91 Å². The number of carbonyl (C=O) groups is 1. The highest BCUT2D eigenvalue weighted by Gasteiger charge is 2.21. The van der Waals surface area contributed by atoms with E-state index in [1.54, 1.807) is 0 Å². The second kappa shape index (κ2) is 12.7. The molecule has 7 nitrogen and oxygen atoms in total. The van der Waals surface area contributed by atoms with Crippen molar-refractivity contribution in [2.75, 3.05) is 26.4 Å². The van der Waals surface area contributed by atoms with Crippen LogP contribution in [0.25, 0.3) is 0 Å². The molecule has 0 aromatic heterocycles. The highest BCUT2D eigenvalue weighted by atomic mass is 16.5. The topological polar surface area (TPSA) is 69.3 Å². The van der Waals surface area contributed by atoms with Gasteiger partial charge in [-0.15, -0.1) is 0 Å². The Morgan fingerprint density at radius 3 is 2.34 bits per heavy atom. The fourth-order valence-corrected chi connectivity index (χ4v) is 4.27. The molecule has 192 valence electrons. The maximum atomic E-state index is 12.7. The molecule has 7 heteroatoms. The quantitative estimate of drug-likeness (QED) is 0.477. The number of ether oxygens (including phenoxy) is 4. The lowest BCUT2D eigenvalue weighted by Gasteiger charge is -2.30. The maximum Gasteiger partial charge on any atom is 0.260 e. The van der Waals surface area contributed by atoms with E-state index in [4.69, 9.17) is 18.9 Å². The average Bonchev–Trinajstić information content (AvgIpc) is 3.06. The lowest BCUT2D eigenvalue weighted by Crippen LogP contribution is -2.44. The fourth-order valence-electron chi connectivity index (χ4n) is 4.27. The van der Waals surface area contributed by atoms with Crippen LogP contribution in [0.1, 0.15) is 65.1 Å². The van der Waals surface area contributed by atoms with E-state index in [1.165, 1.54) is 0 Å². The molecule has 0 radical (unpaired) electrons. The SMILES string of the molecule is CCOc1cc(CNC(C)c2ccc3c(c2)OCCCO3)ccc1OCC(=O)N(C(C)C)C(C)C. The van der Waals surface area contributed by atoms with Crippen molar-refractivity contribution in [3.05, 3.63) is 47.5 Å². The Balaban J connectivity index is 1.63. The molecule has 0 saturated carbocycles. The van der Waals surface area contributed by atoms with Crippen LogP contribution in [0.2, 0.25) is 0 Å². The Hall–Kier alpha value is -2.93. The van der Waals surface area contributed by atoms with E-state index < -0.39 is 0 Å². The lowest BCUT2D eigenvalue weighted by atomic mass is 10.1. The van der Waals surface area contributed by atoms with Gasteiger partial charge in [-0.1, -0.05) is 12.1 Å². The van der Waals surface area contributed by atoms with Gasteiger partial charge in [-0.3, -0.25) is 4.79 Å². The van der Waals surface area contributed by atoms with Crippen LogP contribution in [-0.4, -0.2) is 49.3 Å². The number of nitrogens with one attached hydrogen (secondary N) is 1. The Morgan fingerprint density at radius 2 is 1.66 bits per heavy atom. The van der Waals surface area contributed by atoms with Gasteiger partial charge in [-0.05, 0) is 76.9 Å². The monoisotopic (exact) mass is 484 g/mol. The molecule has 0 spiro atoms. The Bertz CT molecular complexity index is 968. The number of rotatable bonds is 11. The van der Waals surface area contributed by atoms with Gasteiger partial charge in [0.05, 0.1) is 19.8 Å². The summed E-state index contributed by atoms with van der Waals surface area (Å²) >= 11 is 0. The standard InChI is InChI=1S/C28H40N2O5/c1-7-32-26-15-22(9-11-25(26)35-18-28(31)30(19(2)3)20(4)5)17-29-21(6)23-10-12-24-27(16-23)34-14-8-13-33-24/h9-12,15-16,19-21,29H,7-8,13-14,17-18H2,1-6H3. The predicted molar refractivity (Wildman–Crippen MR) is 138 cm³/mol. The Morgan fingerprint density at radius 1 is 0.943 bits per heavy atom. The second-order valence-electron chi connectivity index (χ2n) is 9.35. The van der Waals surface area contributed by atoms with Gasteiger partial charge in [0.1, 0.15) is 0 Å². The van der Waals surface area contributed by atoms with Crippen LogP contribution in [0.5, 0.6) is 23.0 Å². The van der Waals surface area contributed by atoms with E-state index in [0.717, 1.165) is 29.0 Å². The molecule has 0 saturated heterocycles. The first-order valence-electron chi connectivity index (χ1n) is 12.6. The van der Waals surface area contributed by atoms with Gasteiger partial charge in [0.15, 0.2) is 29.6 Å². The summed E-state index contributed by atoms with van der Waals surface area (Å²) in [6, 6.07) is 12.3. The maximum absolute atomic E-state index is 12.7. The number of hydrogen-bond acceptors (Lipinski definition) is 6. The zero-order chi connectivity index (χ0) is 25.4. The van der Waals surface area contributed by atoms with Gasteiger partial charge in [0.2, 0.25) is 0 Å². The fraction of sp³-hybridized carbons (Fsp3) is 0.536. The minimum atomic E-state index is -0.0350. The number of hydrogen-bond donors (Lipinski definition) is 1. The van der Waals surface area contributed by atoms with E-state index in [0.29, 0.717) is 37.9 Å². The van der Waals surface area contributed by atoms with Crippen molar-refractivity contribution in [2.45, 2.75) is 72.6 Å². The van der Waals surface area contributed by atoms with Crippen LogP contribution in [-0.2, 0) is 11.3 Å². The first kappa shape index (κ1) is 26.7. The third-order valence-corrected chi connectivity index (χ3v) is 5.94. The van der Waals surface area contributed by atoms with Crippen molar-refractivity contribution >= 4 is 5.91 Å². The van der Waals surface area contributed by atoms with Crippen molar-refractivity contribution in [1.82, 2.24) is 10.2 Å². The summed E-state index contributed by atoms with van der Waals surface area (Å²) in [5.74, 6) is 2.79. The molecule has 1 aliphatic heterocycles. The summed E-state index contributed by atoms with van der Waals surface area (Å²) < 4.78 is 23.3. The van der Waals surface area contributed by atoms with Crippen LogP contribution < -0.4 is 24.3 Å². The molecule has 1 heterocycles. The van der Waals surface area contributed by atoms with Crippen LogP contribution in [0.4, 0.5) is 0 Å². The van der Waals surface area contributed by atoms with Crippen LogP contribution in [0.15, 0.2) is 36.4 Å². The van der Waals surface area contributed by atoms with Crippen molar-refractivity contribution in [2.24, 2.45) is 0 Å². The highest BCUT2D eigenvalue weighted by Crippen LogP contribution is 2.33. The molecule has 35 heavy (non-hydrogen) atoms. The van der Waals surface area contributed by atoms with Crippen molar-refractivity contribution in [1.29, 1.82) is 0 Å². The molecule has 1 N–H and O–H groups in total. The zero-order valence-electron chi connectivity index (χ0n) is 21.9. The number of benzene rings is 2. The van der Waals surface area contributed by atoms with E-state index in [1.807, 2.05) is 63.8 Å². The van der Waals surface area contributed by atoms with E-state index >= 15 is 0 Å². The van der Waals surface area contributed by atoms with Crippen LogP contribution in [0, 0.1) is 0 Å². The number of fused-ring (bicyclic) bond motifs is 1. The third-order valence-electron chi connectivity index (χ3n) is 5.94. The first-order chi connectivity index (χ1) is 16.8. The number of carbonyl (C=O) groups excluding carboxylic acids is 1. The zero-order valence-corrected chi connectivity index (χ0v) is 21.9. The normalized spacial score (nSPS) is 13.9. The highest BCUT2D eigenvalue weighted by molar-refractivity contribution is 5.78. The average molecular weight is 485 g/mol. The second-order valence-corrected chi connectivity index (χ2v) is 9.35. The molecular weight excluding hydrogens is 444 g/mol. The summed E-state index contributed by atoms with van der Waals surface area (Å²) in [5, 5.41) is 3.56. The molecule has 0 bridgehead atoms. The van der Waals surface area contributed by atoms with Crippen molar-refractivity contribution in [3.8, 4) is 23.0 Å². The van der Waals surface area contributed by atoms with E-state index in [9.17, 15) is 4.79 Å². The molecule has 0 aliphatic carbocycles. The molecule has 1 amide bonds. The molecule has 3 rings (SSSR count). The predicted octanol–water partition coefficient (Wildman–Crippen LogP) is 5.12. The molecular formula is C28H40N2O5. The van der Waals surface area contributed by atoms with Gasteiger partial charge < -0.3 is 29.2 Å². The van der Waals surface area contributed by atoms with Gasteiger partial charge in [-0.2, -0.15) is 0 Å². The van der Waals surface area contributed by atoms with Crippen molar-refractivity contribution < 1.29 is 23.7 Å². The summed E-state index contributed by atoms with van der Waals surface area (Å²) in [5.41, 5.74) is 2.21. The summed E-state index contributed by atoms with van der Waals surface area (Å²) in [7, 11) is 0. The minimum absolute atomic E-state index is 0.0187. The van der Waals surface area contributed by atoms with Gasteiger partial charge in [-0.25, -0.2) is 0 Å². The van der Waals surface area contributed by atoms with Crippen molar-refractivity contribution in [3.63, 3.8) is 0 Å². The summed E-state index contributed by atoms with van der Waals surface area (Å²) in [6.07, 6.45) is 0.890. The van der Waals surface area contributed by atoms with Gasteiger partial charge >= 0.3 is 0 Å². The Kier molecular flexibility index (Phi) is 9.66. The van der Waals surface area contributed by atoms with Crippen LogP contribution >= 0.6 is 0 Å². The largest absolute Gasteiger partial charge is 0.490 e. The molecule has 1 aliphatic rings.